The van der Waals surface area contributed by atoms with Crippen LogP contribution in [0, 0.1) is 0 Å². The van der Waals surface area contributed by atoms with Gasteiger partial charge >= 0.3 is 0 Å². The third-order valence-corrected chi connectivity index (χ3v) is 1.55. The van der Waals surface area contributed by atoms with Gasteiger partial charge in [-0.3, -0.25) is 0 Å². The minimum Gasteiger partial charge on any atom is -0.339 e. The van der Waals surface area contributed by atoms with E-state index in [0.717, 1.165) is 6.61 Å². The molecule has 1 aliphatic rings. The molecule has 2 atom stereocenters. The maximum absolute atomic E-state index is 5.31. The molecular formula is C5H9IO2. The molecule has 0 aliphatic carbocycles. The van der Waals surface area contributed by atoms with Crippen LogP contribution in [0.3, 0.4) is 0 Å². The Balaban J connectivity index is 2.44. The van der Waals surface area contributed by atoms with Crippen molar-refractivity contribution in [3.63, 3.8) is 0 Å². The van der Waals surface area contributed by atoms with Crippen LogP contribution in [-0.2, 0) is 9.47 Å². The van der Waals surface area contributed by atoms with Crippen LogP contribution in [0.25, 0.3) is 0 Å². The lowest BCUT2D eigenvalue weighted by atomic mass is 10.5. The molecule has 2 nitrogen and oxygen atoms in total. The van der Waals surface area contributed by atoms with Gasteiger partial charge in [-0.2, -0.15) is 0 Å². The van der Waals surface area contributed by atoms with Crippen molar-refractivity contribution in [3.8, 4) is 0 Å². The smallest absolute Gasteiger partial charge is 0.218 e. The Kier molecular flexibility index (Phi) is 1.79. The highest BCUT2D eigenvalue weighted by atomic mass is 127. The van der Waals surface area contributed by atoms with Crippen molar-refractivity contribution >= 4 is 22.6 Å². The second-order valence-corrected chi connectivity index (χ2v) is 4.03. The number of hydrogen-bond donors (Lipinski definition) is 0. The summed E-state index contributed by atoms with van der Waals surface area (Å²) >= 11 is 2.14. The van der Waals surface area contributed by atoms with Crippen LogP contribution in [0.1, 0.15) is 13.8 Å². The molecule has 1 fully saturated rings. The molecule has 1 saturated heterocycles. The Morgan fingerprint density at radius 3 is 2.50 bits per heavy atom. The van der Waals surface area contributed by atoms with E-state index in [2.05, 4.69) is 22.6 Å². The van der Waals surface area contributed by atoms with E-state index in [1.165, 1.54) is 0 Å². The Morgan fingerprint density at radius 1 is 1.75 bits per heavy atom. The number of ether oxygens (including phenoxy) is 2. The van der Waals surface area contributed by atoms with E-state index in [4.69, 9.17) is 9.47 Å². The quantitative estimate of drug-likeness (QED) is 0.462. The Labute approximate surface area is 62.7 Å². The predicted octanol–water partition coefficient (Wildman–Crippen LogP) is 1.53. The van der Waals surface area contributed by atoms with Gasteiger partial charge in [0.15, 0.2) is 0 Å². The van der Waals surface area contributed by atoms with Gasteiger partial charge in [0.25, 0.3) is 0 Å². The molecule has 0 N–H and O–H groups in total. The molecule has 0 bridgehead atoms. The predicted molar refractivity (Wildman–Crippen MR) is 38.9 cm³/mol. The van der Waals surface area contributed by atoms with Crippen molar-refractivity contribution in [1.82, 2.24) is 0 Å². The van der Waals surface area contributed by atoms with Crippen molar-refractivity contribution in [1.29, 1.82) is 0 Å². The summed E-state index contributed by atoms with van der Waals surface area (Å²) in [7, 11) is 0. The normalized spacial score (nSPS) is 47.6. The lowest BCUT2D eigenvalue weighted by Gasteiger charge is -2.12. The molecule has 0 aromatic carbocycles. The minimum atomic E-state index is -0.364. The highest BCUT2D eigenvalue weighted by molar-refractivity contribution is 14.1. The summed E-state index contributed by atoms with van der Waals surface area (Å²) in [4.78, 5) is 0. The van der Waals surface area contributed by atoms with E-state index in [1.54, 1.807) is 0 Å². The van der Waals surface area contributed by atoms with E-state index in [0.29, 0.717) is 0 Å². The topological polar surface area (TPSA) is 18.5 Å². The SMILES string of the molecule is CC1COC(C)(I)O1. The summed E-state index contributed by atoms with van der Waals surface area (Å²) in [5.74, 6) is 0. The zero-order valence-electron chi connectivity index (χ0n) is 4.98. The second kappa shape index (κ2) is 2.11. The summed E-state index contributed by atoms with van der Waals surface area (Å²) in [6.45, 7) is 4.64. The average Bonchev–Trinajstić information content (AvgIpc) is 1.82. The standard InChI is InChI=1S/C5H9IO2/c1-4-3-7-5(2,6)8-4/h4H,3H2,1-2H3. The molecule has 48 valence electrons. The summed E-state index contributed by atoms with van der Waals surface area (Å²) < 4.78 is 10.2. The van der Waals surface area contributed by atoms with Crippen molar-refractivity contribution in [2.24, 2.45) is 0 Å². The maximum Gasteiger partial charge on any atom is 0.218 e. The molecule has 1 aliphatic heterocycles. The van der Waals surface area contributed by atoms with Gasteiger partial charge in [0, 0.05) is 0 Å². The first-order valence-electron chi connectivity index (χ1n) is 2.61. The van der Waals surface area contributed by atoms with Crippen LogP contribution in [0.2, 0.25) is 0 Å². The molecule has 1 rings (SSSR count). The Morgan fingerprint density at radius 2 is 2.38 bits per heavy atom. The number of halogens is 1. The van der Waals surface area contributed by atoms with E-state index in [-0.39, 0.29) is 9.90 Å². The van der Waals surface area contributed by atoms with Crippen molar-refractivity contribution in [3.05, 3.63) is 0 Å². The van der Waals surface area contributed by atoms with Crippen LogP contribution < -0.4 is 0 Å². The van der Waals surface area contributed by atoms with Crippen molar-refractivity contribution in [2.45, 2.75) is 23.7 Å². The van der Waals surface area contributed by atoms with Crippen molar-refractivity contribution in [2.75, 3.05) is 6.61 Å². The third kappa shape index (κ3) is 1.56. The number of rotatable bonds is 0. The average molecular weight is 228 g/mol. The molecule has 8 heavy (non-hydrogen) atoms. The molecule has 2 unspecified atom stereocenters. The molecule has 0 spiro atoms. The molecule has 0 aromatic rings. The highest BCUT2D eigenvalue weighted by Gasteiger charge is 2.31. The monoisotopic (exact) mass is 228 g/mol. The van der Waals surface area contributed by atoms with Crippen LogP contribution in [0.4, 0.5) is 0 Å². The first-order valence-corrected chi connectivity index (χ1v) is 3.69. The lowest BCUT2D eigenvalue weighted by molar-refractivity contribution is -0.0557. The molecule has 0 aromatic heterocycles. The van der Waals surface area contributed by atoms with Gasteiger partial charge in [0.2, 0.25) is 3.79 Å². The van der Waals surface area contributed by atoms with Gasteiger partial charge in [0.1, 0.15) is 0 Å². The minimum absolute atomic E-state index is 0.261. The van der Waals surface area contributed by atoms with Gasteiger partial charge in [0.05, 0.1) is 12.7 Å². The van der Waals surface area contributed by atoms with E-state index in [1.807, 2.05) is 13.8 Å². The summed E-state index contributed by atoms with van der Waals surface area (Å²) in [6, 6.07) is 0. The largest absolute Gasteiger partial charge is 0.339 e. The highest BCUT2D eigenvalue weighted by Crippen LogP contribution is 2.28. The van der Waals surface area contributed by atoms with Crippen LogP contribution in [0.15, 0.2) is 0 Å². The molecule has 0 amide bonds. The van der Waals surface area contributed by atoms with E-state index < -0.39 is 0 Å². The van der Waals surface area contributed by atoms with Crippen molar-refractivity contribution < 1.29 is 9.47 Å². The molecule has 0 radical (unpaired) electrons. The number of hydrogen-bond acceptors (Lipinski definition) is 2. The Bertz CT molecular complexity index is 92.4. The third-order valence-electron chi connectivity index (χ3n) is 0.988. The van der Waals surface area contributed by atoms with Crippen LogP contribution >= 0.6 is 22.6 Å². The summed E-state index contributed by atoms with van der Waals surface area (Å²) in [5.41, 5.74) is 0. The number of alkyl halides is 1. The van der Waals surface area contributed by atoms with Gasteiger partial charge in [-0.05, 0) is 36.4 Å². The van der Waals surface area contributed by atoms with Gasteiger partial charge in [-0.25, -0.2) is 0 Å². The first kappa shape index (κ1) is 6.77. The van der Waals surface area contributed by atoms with Gasteiger partial charge in [-0.1, -0.05) is 0 Å². The van der Waals surface area contributed by atoms with Crippen LogP contribution in [-0.4, -0.2) is 16.5 Å². The molecule has 1 heterocycles. The van der Waals surface area contributed by atoms with E-state index >= 15 is 0 Å². The summed E-state index contributed by atoms with van der Waals surface area (Å²) in [5, 5.41) is 0. The molecule has 0 saturated carbocycles. The van der Waals surface area contributed by atoms with Gasteiger partial charge in [-0.15, -0.1) is 0 Å². The second-order valence-electron chi connectivity index (χ2n) is 2.07. The first-order chi connectivity index (χ1) is 3.60. The van der Waals surface area contributed by atoms with Gasteiger partial charge < -0.3 is 9.47 Å². The zero-order chi connectivity index (χ0) is 6.20. The summed E-state index contributed by atoms with van der Waals surface area (Å²) in [6.07, 6.45) is 0.261. The maximum atomic E-state index is 5.31. The van der Waals surface area contributed by atoms with E-state index in [9.17, 15) is 0 Å². The Hall–Kier alpha value is 0.650. The zero-order valence-corrected chi connectivity index (χ0v) is 7.14. The molecule has 3 heteroatoms. The van der Waals surface area contributed by atoms with Crippen LogP contribution in [0.5, 0.6) is 0 Å². The fourth-order valence-corrected chi connectivity index (χ4v) is 1.31. The lowest BCUT2D eigenvalue weighted by Crippen LogP contribution is -2.15. The molecular weight excluding hydrogens is 219 g/mol. The fourth-order valence-electron chi connectivity index (χ4n) is 0.694. The fraction of sp³-hybridized carbons (Fsp3) is 1.00.